The molecule has 1 N–H and O–H groups in total. The molecule has 4 rings (SSSR count). The lowest BCUT2D eigenvalue weighted by atomic mass is 9.80. The maximum absolute atomic E-state index is 13.9. The third-order valence-corrected chi connectivity index (χ3v) is 5.77. The molecule has 0 radical (unpaired) electrons. The molecule has 1 saturated carbocycles. The minimum atomic E-state index is -4.84. The molecule has 0 amide bonds. The standard InChI is InChI=1S/C23H21F5N4O3/c1-32-12-15(11-29-32)21-30-17(13-4-6-16(7-5-13)35-23(26,27)28)10-18(31-21)19(33)9-14-3-2-8-22(24,25)20(14)34/h4-7,10-12,14,20,34H,2-3,8-9H2,1H3. The Labute approximate surface area is 196 Å². The molecule has 1 aliphatic rings. The van der Waals surface area contributed by atoms with Crippen LogP contribution in [0.25, 0.3) is 22.6 Å². The van der Waals surface area contributed by atoms with E-state index < -0.39 is 42.3 Å². The smallest absolute Gasteiger partial charge is 0.406 e. The molecule has 1 aliphatic carbocycles. The Morgan fingerprint density at radius 3 is 2.54 bits per heavy atom. The minimum Gasteiger partial charge on any atom is -0.406 e. The summed E-state index contributed by atoms with van der Waals surface area (Å²) in [5, 5.41) is 14.1. The molecule has 186 valence electrons. The number of aliphatic hydroxyl groups is 1. The number of hydrogen-bond donors (Lipinski definition) is 1. The molecule has 3 aromatic rings. The second-order valence-electron chi connectivity index (χ2n) is 8.42. The third kappa shape index (κ3) is 5.81. The van der Waals surface area contributed by atoms with Crippen LogP contribution >= 0.6 is 0 Å². The number of alkyl halides is 5. The third-order valence-electron chi connectivity index (χ3n) is 5.77. The number of ether oxygens (including phenoxy) is 1. The first kappa shape index (κ1) is 24.7. The van der Waals surface area contributed by atoms with Crippen LogP contribution in [0.1, 0.15) is 36.2 Å². The summed E-state index contributed by atoms with van der Waals surface area (Å²) >= 11 is 0. The molecule has 0 spiro atoms. The Morgan fingerprint density at radius 1 is 1.20 bits per heavy atom. The number of carbonyl (C=O) groups is 1. The Balaban J connectivity index is 1.67. The van der Waals surface area contributed by atoms with Gasteiger partial charge in [0.15, 0.2) is 11.6 Å². The second-order valence-corrected chi connectivity index (χ2v) is 8.42. The normalized spacial score (nSPS) is 20.0. The lowest BCUT2D eigenvalue weighted by molar-refractivity contribution is -0.274. The zero-order chi connectivity index (χ0) is 25.4. The van der Waals surface area contributed by atoms with Crippen molar-refractivity contribution >= 4 is 5.78 Å². The summed E-state index contributed by atoms with van der Waals surface area (Å²) in [6.07, 6.45) is -4.00. The predicted molar refractivity (Wildman–Crippen MR) is 114 cm³/mol. The van der Waals surface area contributed by atoms with E-state index in [4.69, 9.17) is 0 Å². The van der Waals surface area contributed by atoms with Gasteiger partial charge < -0.3 is 9.84 Å². The summed E-state index contributed by atoms with van der Waals surface area (Å²) in [4.78, 5) is 21.7. The summed E-state index contributed by atoms with van der Waals surface area (Å²) in [5.41, 5.74) is 1.02. The van der Waals surface area contributed by atoms with E-state index in [-0.39, 0.29) is 36.5 Å². The van der Waals surface area contributed by atoms with Gasteiger partial charge in [0.1, 0.15) is 17.5 Å². The van der Waals surface area contributed by atoms with Crippen LogP contribution in [0, 0.1) is 5.92 Å². The van der Waals surface area contributed by atoms with Gasteiger partial charge in [0.05, 0.1) is 17.5 Å². The van der Waals surface area contributed by atoms with Gasteiger partial charge in [-0.3, -0.25) is 9.48 Å². The van der Waals surface area contributed by atoms with Gasteiger partial charge in [0.25, 0.3) is 5.92 Å². The largest absolute Gasteiger partial charge is 0.573 e. The van der Waals surface area contributed by atoms with Crippen molar-refractivity contribution in [2.75, 3.05) is 0 Å². The van der Waals surface area contributed by atoms with Crippen LogP contribution in [-0.2, 0) is 7.05 Å². The summed E-state index contributed by atoms with van der Waals surface area (Å²) in [7, 11) is 1.67. The van der Waals surface area contributed by atoms with E-state index in [1.807, 2.05) is 0 Å². The number of Topliss-reactive ketones (excluding diaryl/α,β-unsaturated/α-hetero) is 1. The summed E-state index contributed by atoms with van der Waals surface area (Å²) in [6, 6.07) is 6.24. The van der Waals surface area contributed by atoms with Crippen molar-refractivity contribution in [2.24, 2.45) is 13.0 Å². The summed E-state index contributed by atoms with van der Waals surface area (Å²) in [6.45, 7) is 0. The van der Waals surface area contributed by atoms with E-state index in [0.29, 0.717) is 11.1 Å². The topological polar surface area (TPSA) is 90.1 Å². The average molecular weight is 496 g/mol. The lowest BCUT2D eigenvalue weighted by Gasteiger charge is -2.34. The van der Waals surface area contributed by atoms with Gasteiger partial charge in [0, 0.05) is 31.6 Å². The van der Waals surface area contributed by atoms with Gasteiger partial charge in [-0.15, -0.1) is 13.2 Å². The number of benzene rings is 1. The minimum absolute atomic E-state index is 0.0643. The first-order valence-electron chi connectivity index (χ1n) is 10.7. The summed E-state index contributed by atoms with van der Waals surface area (Å²) in [5.74, 6) is -5.04. The van der Waals surface area contributed by atoms with Crippen molar-refractivity contribution in [1.29, 1.82) is 0 Å². The van der Waals surface area contributed by atoms with Crippen LogP contribution in [0.4, 0.5) is 22.0 Å². The van der Waals surface area contributed by atoms with E-state index >= 15 is 0 Å². The number of rotatable bonds is 6. The number of halogens is 5. The van der Waals surface area contributed by atoms with Crippen LogP contribution in [0.5, 0.6) is 5.75 Å². The van der Waals surface area contributed by atoms with E-state index in [0.717, 1.165) is 12.1 Å². The van der Waals surface area contributed by atoms with Crippen molar-refractivity contribution in [3.63, 3.8) is 0 Å². The van der Waals surface area contributed by atoms with Gasteiger partial charge in [-0.1, -0.05) is 0 Å². The molecule has 0 bridgehead atoms. The Kier molecular flexibility index (Phi) is 6.58. The number of hydrogen-bond acceptors (Lipinski definition) is 6. The molecule has 2 unspecified atom stereocenters. The fourth-order valence-electron chi connectivity index (χ4n) is 4.04. The van der Waals surface area contributed by atoms with E-state index in [9.17, 15) is 31.9 Å². The Morgan fingerprint density at radius 2 is 1.91 bits per heavy atom. The van der Waals surface area contributed by atoms with E-state index in [2.05, 4.69) is 19.8 Å². The molecule has 12 heteroatoms. The number of aromatic nitrogens is 4. The number of carbonyl (C=O) groups excluding carboxylic acids is 1. The monoisotopic (exact) mass is 496 g/mol. The maximum atomic E-state index is 13.9. The second kappa shape index (κ2) is 9.33. The SMILES string of the molecule is Cn1cc(-c2nc(C(=O)CC3CCCC(F)(F)C3O)cc(-c3ccc(OC(F)(F)F)cc3)n2)cn1. The fourth-order valence-corrected chi connectivity index (χ4v) is 4.04. The number of nitrogens with zero attached hydrogens (tertiary/aromatic N) is 4. The van der Waals surface area contributed by atoms with Gasteiger partial charge in [-0.05, 0) is 49.1 Å². The van der Waals surface area contributed by atoms with Crippen molar-refractivity contribution < 1.29 is 36.6 Å². The van der Waals surface area contributed by atoms with Gasteiger partial charge in [-0.2, -0.15) is 5.10 Å². The Hall–Kier alpha value is -3.41. The molecule has 0 aliphatic heterocycles. The number of aryl methyl sites for hydroxylation is 1. The molecule has 1 fully saturated rings. The van der Waals surface area contributed by atoms with Crippen molar-refractivity contribution in [3.05, 3.63) is 48.4 Å². The molecule has 35 heavy (non-hydrogen) atoms. The quantitative estimate of drug-likeness (QED) is 0.389. The highest BCUT2D eigenvalue weighted by Gasteiger charge is 2.46. The number of aliphatic hydroxyl groups excluding tert-OH is 1. The van der Waals surface area contributed by atoms with Gasteiger partial charge >= 0.3 is 6.36 Å². The van der Waals surface area contributed by atoms with Gasteiger partial charge in [0.2, 0.25) is 0 Å². The first-order chi connectivity index (χ1) is 16.4. The molecular formula is C23H21F5N4O3. The van der Waals surface area contributed by atoms with E-state index in [1.54, 1.807) is 13.2 Å². The van der Waals surface area contributed by atoms with E-state index in [1.165, 1.54) is 29.1 Å². The molecule has 7 nitrogen and oxygen atoms in total. The van der Waals surface area contributed by atoms with Gasteiger partial charge in [-0.25, -0.2) is 18.7 Å². The molecule has 2 aromatic heterocycles. The molecular weight excluding hydrogens is 475 g/mol. The zero-order valence-corrected chi connectivity index (χ0v) is 18.5. The van der Waals surface area contributed by atoms with Crippen LogP contribution in [0.2, 0.25) is 0 Å². The zero-order valence-electron chi connectivity index (χ0n) is 18.5. The van der Waals surface area contributed by atoms with Crippen molar-refractivity contribution in [1.82, 2.24) is 19.7 Å². The molecule has 2 atom stereocenters. The van der Waals surface area contributed by atoms with Crippen LogP contribution in [0.15, 0.2) is 42.7 Å². The van der Waals surface area contributed by atoms with Crippen LogP contribution in [0.3, 0.4) is 0 Å². The summed E-state index contributed by atoms with van der Waals surface area (Å²) < 4.78 is 70.6. The van der Waals surface area contributed by atoms with Crippen molar-refractivity contribution in [2.45, 2.75) is 44.1 Å². The van der Waals surface area contributed by atoms with Crippen molar-refractivity contribution in [3.8, 4) is 28.4 Å². The molecule has 0 saturated heterocycles. The maximum Gasteiger partial charge on any atom is 0.573 e. The average Bonchev–Trinajstić information content (AvgIpc) is 3.22. The first-order valence-corrected chi connectivity index (χ1v) is 10.7. The Bertz CT molecular complexity index is 1210. The molecule has 2 heterocycles. The van der Waals surface area contributed by atoms with Crippen LogP contribution in [-0.4, -0.2) is 49.0 Å². The highest BCUT2D eigenvalue weighted by molar-refractivity contribution is 5.95. The highest BCUT2D eigenvalue weighted by Crippen LogP contribution is 2.39. The predicted octanol–water partition coefficient (Wildman–Crippen LogP) is 4.81. The molecule has 1 aromatic carbocycles. The number of ketones is 1. The lowest BCUT2D eigenvalue weighted by Crippen LogP contribution is -2.43. The fraction of sp³-hybridized carbons (Fsp3) is 0.391. The highest BCUT2D eigenvalue weighted by atomic mass is 19.4. The van der Waals surface area contributed by atoms with Crippen LogP contribution < -0.4 is 4.74 Å².